The zero-order valence-corrected chi connectivity index (χ0v) is 13.3. The molecular formula is C18H18N2O4. The third-order valence-electron chi connectivity index (χ3n) is 3.41. The molecule has 0 aliphatic carbocycles. The van der Waals surface area contributed by atoms with Crippen molar-refractivity contribution < 1.29 is 19.1 Å². The van der Waals surface area contributed by atoms with E-state index in [1.165, 1.54) is 0 Å². The highest BCUT2D eigenvalue weighted by Gasteiger charge is 2.12. The van der Waals surface area contributed by atoms with Crippen LogP contribution in [0.5, 0.6) is 11.5 Å². The van der Waals surface area contributed by atoms with E-state index in [1.54, 1.807) is 6.92 Å². The highest BCUT2D eigenvalue weighted by atomic mass is 16.6. The number of carbonyl (C=O) groups is 1. The van der Waals surface area contributed by atoms with E-state index in [0.29, 0.717) is 24.7 Å². The van der Waals surface area contributed by atoms with Gasteiger partial charge in [-0.2, -0.15) is 0 Å². The minimum atomic E-state index is -0.264. The van der Waals surface area contributed by atoms with E-state index in [4.69, 9.17) is 14.3 Å². The molecule has 0 bridgehead atoms. The highest BCUT2D eigenvalue weighted by molar-refractivity contribution is 5.99. The number of para-hydroxylation sites is 1. The van der Waals surface area contributed by atoms with Crippen LogP contribution in [0.15, 0.2) is 53.7 Å². The number of fused-ring (bicyclic) bond motifs is 1. The maximum Gasteiger partial charge on any atom is 0.265 e. The van der Waals surface area contributed by atoms with Crippen LogP contribution in [0.2, 0.25) is 0 Å². The van der Waals surface area contributed by atoms with Gasteiger partial charge in [0.1, 0.15) is 13.2 Å². The highest BCUT2D eigenvalue weighted by Crippen LogP contribution is 2.30. The summed E-state index contributed by atoms with van der Waals surface area (Å²) in [5.74, 6) is 1.15. The Morgan fingerprint density at radius 1 is 1.12 bits per heavy atom. The van der Waals surface area contributed by atoms with E-state index >= 15 is 0 Å². The van der Waals surface area contributed by atoms with Crippen LogP contribution in [0.3, 0.4) is 0 Å². The lowest BCUT2D eigenvalue weighted by atomic mass is 10.1. The van der Waals surface area contributed by atoms with Crippen molar-refractivity contribution in [2.75, 3.05) is 25.1 Å². The minimum Gasteiger partial charge on any atom is -0.486 e. The van der Waals surface area contributed by atoms with Gasteiger partial charge in [-0.15, -0.1) is 0 Å². The molecule has 0 atom stereocenters. The molecule has 1 aliphatic heterocycles. The number of ether oxygens (including phenoxy) is 2. The number of hydrogen-bond acceptors (Lipinski definition) is 5. The van der Waals surface area contributed by atoms with Crippen LogP contribution in [0, 0.1) is 0 Å². The van der Waals surface area contributed by atoms with Crippen molar-refractivity contribution in [3.8, 4) is 11.5 Å². The van der Waals surface area contributed by atoms with Crippen molar-refractivity contribution >= 4 is 17.3 Å². The van der Waals surface area contributed by atoms with Crippen LogP contribution in [-0.4, -0.2) is 31.4 Å². The molecule has 0 fully saturated rings. The van der Waals surface area contributed by atoms with Crippen LogP contribution >= 0.6 is 0 Å². The van der Waals surface area contributed by atoms with E-state index in [2.05, 4.69) is 10.5 Å². The SMILES string of the molecule is CC(=NOCC(=O)Nc1ccccc1)c1ccc2c(c1)OCCO2. The fraction of sp³-hybridized carbons (Fsp3) is 0.222. The molecular weight excluding hydrogens is 308 g/mol. The molecule has 2 aromatic rings. The van der Waals surface area contributed by atoms with Crippen LogP contribution in [0.4, 0.5) is 5.69 Å². The molecule has 6 nitrogen and oxygen atoms in total. The molecule has 2 aromatic carbocycles. The zero-order valence-electron chi connectivity index (χ0n) is 13.3. The quantitative estimate of drug-likeness (QED) is 0.677. The van der Waals surface area contributed by atoms with E-state index in [1.807, 2.05) is 48.5 Å². The van der Waals surface area contributed by atoms with Crippen LogP contribution < -0.4 is 14.8 Å². The van der Waals surface area contributed by atoms with Crippen molar-refractivity contribution in [1.29, 1.82) is 0 Å². The Balaban J connectivity index is 1.55. The number of benzene rings is 2. The fourth-order valence-electron chi connectivity index (χ4n) is 2.23. The Kier molecular flexibility index (Phi) is 4.96. The van der Waals surface area contributed by atoms with Crippen molar-refractivity contribution in [1.82, 2.24) is 0 Å². The molecule has 1 N–H and O–H groups in total. The lowest BCUT2D eigenvalue weighted by Crippen LogP contribution is -2.17. The summed E-state index contributed by atoms with van der Waals surface area (Å²) in [4.78, 5) is 16.9. The Morgan fingerprint density at radius 2 is 1.88 bits per heavy atom. The molecule has 0 radical (unpaired) electrons. The van der Waals surface area contributed by atoms with Gasteiger partial charge in [0.2, 0.25) is 0 Å². The number of carbonyl (C=O) groups excluding carboxylic acids is 1. The summed E-state index contributed by atoms with van der Waals surface area (Å²) in [6.07, 6.45) is 0. The predicted molar refractivity (Wildman–Crippen MR) is 90.7 cm³/mol. The second-order valence-electron chi connectivity index (χ2n) is 5.22. The number of oxime groups is 1. The van der Waals surface area contributed by atoms with E-state index in [9.17, 15) is 4.79 Å². The van der Waals surface area contributed by atoms with Gasteiger partial charge in [0.05, 0.1) is 5.71 Å². The van der Waals surface area contributed by atoms with Crippen LogP contribution in [0.25, 0.3) is 0 Å². The Hall–Kier alpha value is -3.02. The molecule has 1 amide bonds. The van der Waals surface area contributed by atoms with E-state index in [0.717, 1.165) is 17.0 Å². The smallest absolute Gasteiger partial charge is 0.265 e. The molecule has 1 aliphatic rings. The van der Waals surface area contributed by atoms with Crippen molar-refractivity contribution in [2.24, 2.45) is 5.16 Å². The molecule has 24 heavy (non-hydrogen) atoms. The normalized spacial score (nSPS) is 13.3. The number of nitrogens with zero attached hydrogens (tertiary/aromatic N) is 1. The molecule has 0 aromatic heterocycles. The molecule has 0 saturated carbocycles. The summed E-state index contributed by atoms with van der Waals surface area (Å²) in [5.41, 5.74) is 2.22. The van der Waals surface area contributed by atoms with E-state index in [-0.39, 0.29) is 12.5 Å². The average Bonchev–Trinajstić information content (AvgIpc) is 2.62. The van der Waals surface area contributed by atoms with Gasteiger partial charge in [-0.1, -0.05) is 23.4 Å². The number of anilines is 1. The second kappa shape index (κ2) is 7.50. The van der Waals surface area contributed by atoms with Crippen molar-refractivity contribution in [3.05, 3.63) is 54.1 Å². The summed E-state index contributed by atoms with van der Waals surface area (Å²) in [7, 11) is 0. The Bertz CT molecular complexity index is 744. The minimum absolute atomic E-state index is 0.156. The fourth-order valence-corrected chi connectivity index (χ4v) is 2.23. The largest absolute Gasteiger partial charge is 0.486 e. The molecule has 1 heterocycles. The topological polar surface area (TPSA) is 69.2 Å². The number of rotatable bonds is 5. The van der Waals surface area contributed by atoms with Crippen LogP contribution in [-0.2, 0) is 9.63 Å². The van der Waals surface area contributed by atoms with Gasteiger partial charge in [-0.3, -0.25) is 4.79 Å². The van der Waals surface area contributed by atoms with Gasteiger partial charge in [0, 0.05) is 11.3 Å². The molecule has 6 heteroatoms. The van der Waals surface area contributed by atoms with Gasteiger partial charge >= 0.3 is 0 Å². The van der Waals surface area contributed by atoms with E-state index < -0.39 is 0 Å². The monoisotopic (exact) mass is 326 g/mol. The number of nitrogens with one attached hydrogen (secondary N) is 1. The summed E-state index contributed by atoms with van der Waals surface area (Å²) >= 11 is 0. The Morgan fingerprint density at radius 3 is 2.67 bits per heavy atom. The zero-order chi connectivity index (χ0) is 16.8. The summed E-state index contributed by atoms with van der Waals surface area (Å²) < 4.78 is 11.0. The first-order valence-corrected chi connectivity index (χ1v) is 7.64. The van der Waals surface area contributed by atoms with Gasteiger partial charge in [0.25, 0.3) is 5.91 Å². The first kappa shape index (κ1) is 15.9. The maximum atomic E-state index is 11.8. The molecule has 0 unspecified atom stereocenters. The third-order valence-corrected chi connectivity index (χ3v) is 3.41. The molecule has 0 spiro atoms. The van der Waals surface area contributed by atoms with Crippen molar-refractivity contribution in [3.63, 3.8) is 0 Å². The molecule has 0 saturated heterocycles. The standard InChI is InChI=1S/C18H18N2O4/c1-13(14-7-8-16-17(11-14)23-10-9-22-16)20-24-12-18(21)19-15-5-3-2-4-6-15/h2-8,11H,9-10,12H2,1H3,(H,19,21). The first-order valence-electron chi connectivity index (χ1n) is 7.64. The maximum absolute atomic E-state index is 11.8. The molecule has 3 rings (SSSR count). The predicted octanol–water partition coefficient (Wildman–Crippen LogP) is 2.84. The van der Waals surface area contributed by atoms with Crippen LogP contribution in [0.1, 0.15) is 12.5 Å². The van der Waals surface area contributed by atoms with Crippen molar-refractivity contribution in [2.45, 2.75) is 6.92 Å². The lowest BCUT2D eigenvalue weighted by Gasteiger charge is -2.18. The number of hydrogen-bond donors (Lipinski definition) is 1. The molecule has 124 valence electrons. The summed E-state index contributed by atoms with van der Waals surface area (Å²) in [5, 5.41) is 6.71. The first-order chi connectivity index (χ1) is 11.7. The second-order valence-corrected chi connectivity index (χ2v) is 5.22. The summed E-state index contributed by atoms with van der Waals surface area (Å²) in [6, 6.07) is 14.8. The van der Waals surface area contributed by atoms with Gasteiger partial charge in [0.15, 0.2) is 18.1 Å². The lowest BCUT2D eigenvalue weighted by molar-refractivity contribution is -0.120. The van der Waals surface area contributed by atoms with Gasteiger partial charge in [-0.05, 0) is 37.3 Å². The average molecular weight is 326 g/mol. The summed E-state index contributed by atoms with van der Waals surface area (Å²) in [6.45, 7) is 2.74. The van der Waals surface area contributed by atoms with Gasteiger partial charge < -0.3 is 19.6 Å². The number of amides is 1. The van der Waals surface area contributed by atoms with Gasteiger partial charge in [-0.25, -0.2) is 0 Å². The third kappa shape index (κ3) is 4.04. The Labute approximate surface area is 140 Å².